The van der Waals surface area contributed by atoms with Crippen molar-refractivity contribution in [3.8, 4) is 5.75 Å². The van der Waals surface area contributed by atoms with E-state index in [1.807, 2.05) is 50.2 Å². The summed E-state index contributed by atoms with van der Waals surface area (Å²) < 4.78 is 10.1. The Bertz CT molecular complexity index is 779. The van der Waals surface area contributed by atoms with E-state index in [0.29, 0.717) is 0 Å². The number of benzene rings is 2. The summed E-state index contributed by atoms with van der Waals surface area (Å²) in [4.78, 5) is 23.9. The molecule has 0 spiro atoms. The number of carbonyl (C=O) groups excluding carboxylic acids is 2. The van der Waals surface area contributed by atoms with E-state index in [2.05, 4.69) is 5.32 Å². The minimum Gasteiger partial charge on any atom is -0.497 e. The van der Waals surface area contributed by atoms with E-state index in [0.717, 1.165) is 28.9 Å². The summed E-state index contributed by atoms with van der Waals surface area (Å²) in [5, 5.41) is 2.89. The van der Waals surface area contributed by atoms with Crippen LogP contribution in [0.2, 0.25) is 0 Å². The monoisotopic (exact) mass is 367 g/mol. The molecule has 1 amide bonds. The van der Waals surface area contributed by atoms with Crippen molar-refractivity contribution in [2.45, 2.75) is 26.3 Å². The summed E-state index contributed by atoms with van der Waals surface area (Å²) in [5.41, 5.74) is 3.03. The molecule has 1 atom stereocenters. The Labute approximate surface area is 160 Å². The lowest BCUT2D eigenvalue weighted by Crippen LogP contribution is -2.32. The summed E-state index contributed by atoms with van der Waals surface area (Å²) in [7, 11) is 1.59. The third kappa shape index (κ3) is 6.62. The first-order valence-corrected chi connectivity index (χ1v) is 8.86. The summed E-state index contributed by atoms with van der Waals surface area (Å²) in [5.74, 6) is -0.150. The maximum absolute atomic E-state index is 12.1. The molecule has 1 N–H and O–H groups in total. The van der Waals surface area contributed by atoms with Gasteiger partial charge >= 0.3 is 5.97 Å². The highest BCUT2D eigenvalue weighted by atomic mass is 16.5. The number of ether oxygens (including phenoxy) is 2. The summed E-state index contributed by atoms with van der Waals surface area (Å²) in [6.07, 6.45) is 3.67. The van der Waals surface area contributed by atoms with Gasteiger partial charge in [0.15, 0.2) is 6.61 Å². The molecule has 0 aromatic heterocycles. The van der Waals surface area contributed by atoms with Gasteiger partial charge in [0.05, 0.1) is 13.2 Å². The quantitative estimate of drug-likeness (QED) is 0.569. The molecule has 0 radical (unpaired) electrons. The van der Waals surface area contributed by atoms with Gasteiger partial charge in [0.25, 0.3) is 5.91 Å². The number of amides is 1. The van der Waals surface area contributed by atoms with E-state index >= 15 is 0 Å². The molecule has 0 aliphatic rings. The minimum atomic E-state index is -0.565. The first kappa shape index (κ1) is 20.2. The average Bonchev–Trinajstić information content (AvgIpc) is 2.70. The van der Waals surface area contributed by atoms with Crippen LogP contribution in [0, 0.1) is 6.92 Å². The van der Waals surface area contributed by atoms with Crippen LogP contribution in [-0.4, -0.2) is 25.6 Å². The van der Waals surface area contributed by atoms with Crippen molar-refractivity contribution in [2.24, 2.45) is 0 Å². The highest BCUT2D eigenvalue weighted by Crippen LogP contribution is 2.17. The highest BCUT2D eigenvalue weighted by Gasteiger charge is 2.13. The molecule has 0 unspecified atom stereocenters. The van der Waals surface area contributed by atoms with Gasteiger partial charge in [-0.25, -0.2) is 4.79 Å². The van der Waals surface area contributed by atoms with E-state index in [4.69, 9.17) is 9.47 Å². The summed E-state index contributed by atoms with van der Waals surface area (Å²) in [6, 6.07) is 15.1. The van der Waals surface area contributed by atoms with Crippen LogP contribution >= 0.6 is 0 Å². The van der Waals surface area contributed by atoms with E-state index in [-0.39, 0.29) is 18.6 Å². The fraction of sp³-hybridized carbons (Fsp3) is 0.273. The van der Waals surface area contributed by atoms with Gasteiger partial charge in [-0.1, -0.05) is 48.9 Å². The molecule has 2 aromatic carbocycles. The summed E-state index contributed by atoms with van der Waals surface area (Å²) in [6.45, 7) is 3.70. The second kappa shape index (κ2) is 10.2. The van der Waals surface area contributed by atoms with Gasteiger partial charge in [-0.15, -0.1) is 0 Å². The topological polar surface area (TPSA) is 64.6 Å². The molecular formula is C22H25NO4. The van der Waals surface area contributed by atoms with Gasteiger partial charge in [0.2, 0.25) is 0 Å². The van der Waals surface area contributed by atoms with Crippen LogP contribution < -0.4 is 10.1 Å². The smallest absolute Gasteiger partial charge is 0.331 e. The SMILES string of the molecule is CC[C@@H](NC(=O)COC(=O)/C=C/c1ccc(OC)cc1)c1ccc(C)cc1. The maximum atomic E-state index is 12.1. The Morgan fingerprint density at radius 2 is 1.74 bits per heavy atom. The first-order valence-electron chi connectivity index (χ1n) is 8.86. The van der Waals surface area contributed by atoms with Crippen LogP contribution in [0.3, 0.4) is 0 Å². The van der Waals surface area contributed by atoms with E-state index in [1.54, 1.807) is 25.3 Å². The zero-order valence-electron chi connectivity index (χ0n) is 15.9. The Hall–Kier alpha value is -3.08. The molecule has 0 aliphatic carbocycles. The van der Waals surface area contributed by atoms with Crippen LogP contribution in [0.4, 0.5) is 0 Å². The lowest BCUT2D eigenvalue weighted by molar-refractivity contribution is -0.144. The minimum absolute atomic E-state index is 0.105. The number of nitrogens with one attached hydrogen (secondary N) is 1. The molecule has 142 valence electrons. The van der Waals surface area contributed by atoms with Crippen LogP contribution in [0.25, 0.3) is 6.08 Å². The fourth-order valence-corrected chi connectivity index (χ4v) is 2.52. The molecular weight excluding hydrogens is 342 g/mol. The van der Waals surface area contributed by atoms with Crippen LogP contribution in [0.15, 0.2) is 54.6 Å². The summed E-state index contributed by atoms with van der Waals surface area (Å²) >= 11 is 0. The lowest BCUT2D eigenvalue weighted by atomic mass is 10.0. The van der Waals surface area contributed by atoms with Crippen molar-refractivity contribution in [3.63, 3.8) is 0 Å². The van der Waals surface area contributed by atoms with Crippen LogP contribution in [0.5, 0.6) is 5.75 Å². The van der Waals surface area contributed by atoms with Gasteiger partial charge < -0.3 is 14.8 Å². The van der Waals surface area contributed by atoms with Crippen LogP contribution in [-0.2, 0) is 14.3 Å². The van der Waals surface area contributed by atoms with Gasteiger partial charge in [-0.05, 0) is 42.7 Å². The third-order valence-corrected chi connectivity index (χ3v) is 4.10. The molecule has 0 heterocycles. The van der Waals surface area contributed by atoms with E-state index in [1.165, 1.54) is 6.08 Å². The van der Waals surface area contributed by atoms with Crippen molar-refractivity contribution in [2.75, 3.05) is 13.7 Å². The van der Waals surface area contributed by atoms with Gasteiger partial charge in [0, 0.05) is 6.08 Å². The van der Waals surface area contributed by atoms with E-state index in [9.17, 15) is 9.59 Å². The van der Waals surface area contributed by atoms with Crippen molar-refractivity contribution < 1.29 is 19.1 Å². The molecule has 5 heteroatoms. The molecule has 2 aromatic rings. The third-order valence-electron chi connectivity index (χ3n) is 4.10. The predicted molar refractivity (Wildman–Crippen MR) is 105 cm³/mol. The van der Waals surface area contributed by atoms with E-state index < -0.39 is 5.97 Å². The molecule has 0 aliphatic heterocycles. The van der Waals surface area contributed by atoms with Gasteiger partial charge in [-0.2, -0.15) is 0 Å². The van der Waals surface area contributed by atoms with Crippen molar-refractivity contribution in [3.05, 3.63) is 71.3 Å². The van der Waals surface area contributed by atoms with Crippen LogP contribution in [0.1, 0.15) is 36.1 Å². The standard InChI is InChI=1S/C22H25NO4/c1-4-20(18-10-5-16(2)6-11-18)23-21(24)15-27-22(25)14-9-17-7-12-19(26-3)13-8-17/h5-14,20H,4,15H2,1-3H3,(H,23,24)/b14-9+/t20-/m1/s1. The number of esters is 1. The van der Waals surface area contributed by atoms with Crippen molar-refractivity contribution >= 4 is 18.0 Å². The Kier molecular flexibility index (Phi) is 7.62. The second-order valence-electron chi connectivity index (χ2n) is 6.15. The number of hydrogen-bond acceptors (Lipinski definition) is 4. The average molecular weight is 367 g/mol. The molecule has 5 nitrogen and oxygen atoms in total. The Morgan fingerprint density at radius 3 is 2.33 bits per heavy atom. The predicted octanol–water partition coefficient (Wildman–Crippen LogP) is 3.83. The first-order chi connectivity index (χ1) is 13.0. The van der Waals surface area contributed by atoms with Crippen molar-refractivity contribution in [1.82, 2.24) is 5.32 Å². The Morgan fingerprint density at radius 1 is 1.07 bits per heavy atom. The molecule has 0 fully saturated rings. The number of aryl methyl sites for hydroxylation is 1. The van der Waals surface area contributed by atoms with Gasteiger partial charge in [0.1, 0.15) is 5.75 Å². The zero-order valence-corrected chi connectivity index (χ0v) is 15.9. The molecule has 27 heavy (non-hydrogen) atoms. The molecule has 0 saturated carbocycles. The zero-order chi connectivity index (χ0) is 19.6. The number of hydrogen-bond donors (Lipinski definition) is 1. The molecule has 0 bridgehead atoms. The normalized spacial score (nSPS) is 11.8. The number of carbonyl (C=O) groups is 2. The number of methoxy groups -OCH3 is 1. The van der Waals surface area contributed by atoms with Crippen molar-refractivity contribution in [1.29, 1.82) is 0 Å². The lowest BCUT2D eigenvalue weighted by Gasteiger charge is -2.17. The highest BCUT2D eigenvalue weighted by molar-refractivity contribution is 5.89. The molecule has 0 saturated heterocycles. The van der Waals surface area contributed by atoms with Gasteiger partial charge in [-0.3, -0.25) is 4.79 Å². The maximum Gasteiger partial charge on any atom is 0.331 e. The fourth-order valence-electron chi connectivity index (χ4n) is 2.52. The Balaban J connectivity index is 1.81. The molecule has 2 rings (SSSR count). The number of rotatable bonds is 8. The second-order valence-corrected chi connectivity index (χ2v) is 6.15. The largest absolute Gasteiger partial charge is 0.497 e.